The SMILES string of the molecule is CCC(CC)n1ccc(CC(NC)c2ccn(C)n2)n1. The first kappa shape index (κ1) is 14.8. The third-order valence-electron chi connectivity index (χ3n) is 3.83. The van der Waals surface area contributed by atoms with Crippen molar-refractivity contribution in [2.24, 2.45) is 7.05 Å². The van der Waals surface area contributed by atoms with Gasteiger partial charge in [-0.15, -0.1) is 0 Å². The smallest absolute Gasteiger partial charge is 0.0797 e. The molecule has 0 aliphatic rings. The molecule has 2 heterocycles. The molecule has 0 fully saturated rings. The minimum Gasteiger partial charge on any atom is -0.311 e. The van der Waals surface area contributed by atoms with Crippen LogP contribution in [0.4, 0.5) is 0 Å². The highest BCUT2D eigenvalue weighted by Crippen LogP contribution is 2.18. The molecule has 5 heteroatoms. The summed E-state index contributed by atoms with van der Waals surface area (Å²) in [5, 5.41) is 12.5. The highest BCUT2D eigenvalue weighted by Gasteiger charge is 2.15. The van der Waals surface area contributed by atoms with E-state index in [1.165, 1.54) is 0 Å². The Bertz CT molecular complexity index is 524. The van der Waals surface area contributed by atoms with Crippen LogP contribution in [0.1, 0.15) is 50.2 Å². The number of rotatable bonds is 7. The molecule has 0 spiro atoms. The Balaban J connectivity index is 2.08. The topological polar surface area (TPSA) is 47.7 Å². The molecule has 2 aromatic heterocycles. The Labute approximate surface area is 121 Å². The van der Waals surface area contributed by atoms with E-state index < -0.39 is 0 Å². The summed E-state index contributed by atoms with van der Waals surface area (Å²) < 4.78 is 3.93. The van der Waals surface area contributed by atoms with Crippen molar-refractivity contribution in [3.63, 3.8) is 0 Å². The Kier molecular flexibility index (Phi) is 4.95. The van der Waals surface area contributed by atoms with Gasteiger partial charge in [0.2, 0.25) is 0 Å². The second-order valence-corrected chi connectivity index (χ2v) is 5.22. The van der Waals surface area contributed by atoms with E-state index in [0.717, 1.165) is 30.7 Å². The summed E-state index contributed by atoms with van der Waals surface area (Å²) in [6.07, 6.45) is 7.17. The van der Waals surface area contributed by atoms with Crippen molar-refractivity contribution in [2.75, 3.05) is 7.05 Å². The molecule has 2 rings (SSSR count). The van der Waals surface area contributed by atoms with E-state index in [1.807, 2.05) is 25.0 Å². The fraction of sp³-hybridized carbons (Fsp3) is 0.600. The van der Waals surface area contributed by atoms with E-state index >= 15 is 0 Å². The van der Waals surface area contributed by atoms with Crippen molar-refractivity contribution >= 4 is 0 Å². The van der Waals surface area contributed by atoms with Gasteiger partial charge in [0, 0.05) is 25.9 Å². The lowest BCUT2D eigenvalue weighted by Crippen LogP contribution is -2.20. The van der Waals surface area contributed by atoms with Crippen LogP contribution in [0, 0.1) is 0 Å². The summed E-state index contributed by atoms with van der Waals surface area (Å²) in [6.45, 7) is 4.42. The molecule has 0 saturated heterocycles. The number of nitrogens with zero attached hydrogens (tertiary/aromatic N) is 4. The van der Waals surface area contributed by atoms with Crippen LogP contribution in [-0.4, -0.2) is 26.6 Å². The lowest BCUT2D eigenvalue weighted by atomic mass is 10.1. The fourth-order valence-electron chi connectivity index (χ4n) is 2.53. The number of likely N-dealkylation sites (N-methyl/N-ethyl adjacent to an activating group) is 1. The molecule has 20 heavy (non-hydrogen) atoms. The standard InChI is InChI=1S/C15H25N5/c1-5-13(6-2)20-10-7-12(17-20)11-15(16-3)14-8-9-19(4)18-14/h7-10,13,15-16H,5-6,11H2,1-4H3. The highest BCUT2D eigenvalue weighted by atomic mass is 15.3. The van der Waals surface area contributed by atoms with Crippen LogP contribution in [0.2, 0.25) is 0 Å². The van der Waals surface area contributed by atoms with Gasteiger partial charge in [-0.2, -0.15) is 10.2 Å². The van der Waals surface area contributed by atoms with Gasteiger partial charge in [-0.25, -0.2) is 0 Å². The van der Waals surface area contributed by atoms with Gasteiger partial charge in [0.1, 0.15) is 0 Å². The van der Waals surface area contributed by atoms with E-state index in [2.05, 4.69) is 47.3 Å². The van der Waals surface area contributed by atoms with Crippen LogP contribution in [-0.2, 0) is 13.5 Å². The Morgan fingerprint density at radius 1 is 1.15 bits per heavy atom. The van der Waals surface area contributed by atoms with Crippen molar-refractivity contribution in [3.8, 4) is 0 Å². The molecule has 5 nitrogen and oxygen atoms in total. The van der Waals surface area contributed by atoms with E-state index in [9.17, 15) is 0 Å². The molecule has 0 aliphatic heterocycles. The van der Waals surface area contributed by atoms with Crippen LogP contribution in [0.15, 0.2) is 24.5 Å². The molecule has 0 radical (unpaired) electrons. The number of hydrogen-bond acceptors (Lipinski definition) is 3. The van der Waals surface area contributed by atoms with Gasteiger partial charge < -0.3 is 5.32 Å². The number of aromatic nitrogens is 4. The monoisotopic (exact) mass is 275 g/mol. The molecular weight excluding hydrogens is 250 g/mol. The number of nitrogens with one attached hydrogen (secondary N) is 1. The van der Waals surface area contributed by atoms with Crippen molar-refractivity contribution in [1.29, 1.82) is 0 Å². The maximum absolute atomic E-state index is 4.71. The van der Waals surface area contributed by atoms with Gasteiger partial charge in [0.15, 0.2) is 0 Å². The average Bonchev–Trinajstić information content (AvgIpc) is 3.07. The summed E-state index contributed by atoms with van der Waals surface area (Å²) in [6, 6.07) is 4.89. The first-order valence-corrected chi connectivity index (χ1v) is 7.38. The summed E-state index contributed by atoms with van der Waals surface area (Å²) in [5.74, 6) is 0. The lowest BCUT2D eigenvalue weighted by Gasteiger charge is -2.14. The van der Waals surface area contributed by atoms with E-state index in [1.54, 1.807) is 0 Å². The zero-order chi connectivity index (χ0) is 14.5. The van der Waals surface area contributed by atoms with Gasteiger partial charge in [0.25, 0.3) is 0 Å². The molecule has 0 amide bonds. The van der Waals surface area contributed by atoms with Crippen molar-refractivity contribution in [2.45, 2.75) is 45.2 Å². The number of hydrogen-bond donors (Lipinski definition) is 1. The van der Waals surface area contributed by atoms with Crippen LogP contribution >= 0.6 is 0 Å². The summed E-state index contributed by atoms with van der Waals surface area (Å²) in [7, 11) is 3.91. The lowest BCUT2D eigenvalue weighted by molar-refractivity contribution is 0.423. The van der Waals surface area contributed by atoms with Crippen LogP contribution in [0.25, 0.3) is 0 Å². The molecule has 0 aliphatic carbocycles. The molecular formula is C15H25N5. The Morgan fingerprint density at radius 2 is 1.90 bits per heavy atom. The molecule has 1 atom stereocenters. The largest absolute Gasteiger partial charge is 0.311 e. The quantitative estimate of drug-likeness (QED) is 0.844. The van der Waals surface area contributed by atoms with Gasteiger partial charge in [-0.05, 0) is 32.0 Å². The molecule has 1 N–H and O–H groups in total. The van der Waals surface area contributed by atoms with Crippen molar-refractivity contribution in [3.05, 3.63) is 35.9 Å². The van der Waals surface area contributed by atoms with Crippen molar-refractivity contribution in [1.82, 2.24) is 24.9 Å². The maximum atomic E-state index is 4.71. The van der Waals surface area contributed by atoms with Gasteiger partial charge in [0.05, 0.1) is 23.5 Å². The minimum atomic E-state index is 0.209. The fourth-order valence-corrected chi connectivity index (χ4v) is 2.53. The predicted molar refractivity (Wildman–Crippen MR) is 80.6 cm³/mol. The first-order valence-electron chi connectivity index (χ1n) is 7.38. The van der Waals surface area contributed by atoms with Gasteiger partial charge in [-0.1, -0.05) is 13.8 Å². The van der Waals surface area contributed by atoms with Crippen LogP contribution in [0.3, 0.4) is 0 Å². The molecule has 0 saturated carbocycles. The average molecular weight is 275 g/mol. The van der Waals surface area contributed by atoms with Gasteiger partial charge >= 0.3 is 0 Å². The molecule has 2 aromatic rings. The predicted octanol–water partition coefficient (Wildman–Crippen LogP) is 2.48. The van der Waals surface area contributed by atoms with E-state index in [4.69, 9.17) is 5.10 Å². The first-order chi connectivity index (χ1) is 9.67. The summed E-state index contributed by atoms with van der Waals surface area (Å²) in [4.78, 5) is 0. The Morgan fingerprint density at radius 3 is 2.45 bits per heavy atom. The number of aryl methyl sites for hydroxylation is 1. The highest BCUT2D eigenvalue weighted by molar-refractivity contribution is 5.11. The van der Waals surface area contributed by atoms with Crippen LogP contribution in [0.5, 0.6) is 0 Å². The zero-order valence-electron chi connectivity index (χ0n) is 12.9. The molecule has 1 unspecified atom stereocenters. The molecule has 110 valence electrons. The maximum Gasteiger partial charge on any atom is 0.0797 e. The Hall–Kier alpha value is -1.62. The minimum absolute atomic E-state index is 0.209. The van der Waals surface area contributed by atoms with Crippen molar-refractivity contribution < 1.29 is 0 Å². The van der Waals surface area contributed by atoms with E-state index in [0.29, 0.717) is 6.04 Å². The second-order valence-electron chi connectivity index (χ2n) is 5.22. The van der Waals surface area contributed by atoms with Gasteiger partial charge in [-0.3, -0.25) is 9.36 Å². The normalized spacial score (nSPS) is 13.1. The van der Waals surface area contributed by atoms with E-state index in [-0.39, 0.29) is 6.04 Å². The molecule has 0 bridgehead atoms. The second kappa shape index (κ2) is 6.70. The summed E-state index contributed by atoms with van der Waals surface area (Å²) in [5.41, 5.74) is 2.17. The van der Waals surface area contributed by atoms with Crippen LogP contribution < -0.4 is 5.32 Å². The third kappa shape index (κ3) is 3.28. The summed E-state index contributed by atoms with van der Waals surface area (Å²) >= 11 is 0. The third-order valence-corrected chi connectivity index (χ3v) is 3.83. The molecule has 0 aromatic carbocycles. The zero-order valence-corrected chi connectivity index (χ0v) is 12.9.